The van der Waals surface area contributed by atoms with Crippen molar-refractivity contribution in [2.24, 2.45) is 17.6 Å². The number of methoxy groups -OCH3 is 2. The largest absolute Gasteiger partial charge is 0.439 e. The molecule has 0 aromatic heterocycles. The molecule has 8 atom stereocenters. The van der Waals surface area contributed by atoms with E-state index in [0.29, 0.717) is 24.1 Å². The smallest absolute Gasteiger partial charge is 0.405 e. The number of Topliss-reactive ketones (excluding diaryl/α,β-unsaturated/α-hetero) is 1. The average Bonchev–Trinajstić information content (AvgIpc) is 3.50. The van der Waals surface area contributed by atoms with Gasteiger partial charge in [-0.25, -0.2) is 4.79 Å². The second-order valence-electron chi connectivity index (χ2n) is 12.0. The molecule has 5 rings (SSSR count). The summed E-state index contributed by atoms with van der Waals surface area (Å²) in [5.41, 5.74) is 7.00. The molecular formula is C32H45N3O9. The SMILES string of the molecule is CO[C@H]1/C=C\C=C(/C)C(=O)NC2=CC(O)C(N3CCCC3)=C(C[C@@H](C)C[C@H](OC)[C@H]3OC(O)C(=CC3C)[C@@H]1OC(N)=O)C2=O. The molecule has 1 aliphatic carbocycles. The minimum atomic E-state index is -1.45. The Morgan fingerprint density at radius 2 is 1.82 bits per heavy atom. The van der Waals surface area contributed by atoms with E-state index in [0.717, 1.165) is 25.9 Å². The van der Waals surface area contributed by atoms with E-state index >= 15 is 0 Å². The fourth-order valence-corrected chi connectivity index (χ4v) is 6.45. The third-order valence-corrected chi connectivity index (χ3v) is 8.68. The average molecular weight is 616 g/mol. The number of carbonyl (C=O) groups excluding carboxylic acids is 3. The molecule has 5 aliphatic rings. The van der Waals surface area contributed by atoms with Gasteiger partial charge in [0.05, 0.1) is 23.6 Å². The second-order valence-corrected chi connectivity index (χ2v) is 12.0. The number of hydrogen-bond acceptors (Lipinski definition) is 10. The number of rotatable bonds is 4. The summed E-state index contributed by atoms with van der Waals surface area (Å²) in [4.78, 5) is 40.9. The number of ether oxygens (including phenoxy) is 4. The Kier molecular flexibility index (Phi) is 11.2. The molecule has 0 radical (unpaired) electrons. The number of likely N-dealkylation sites (tertiary alicyclic amines) is 1. The molecule has 2 amide bonds. The minimum absolute atomic E-state index is 0.0278. The maximum atomic E-state index is 13.9. The number of nitrogens with zero attached hydrogens (tertiary/aromatic N) is 1. The molecule has 4 heterocycles. The molecule has 12 heteroatoms. The lowest BCUT2D eigenvalue weighted by atomic mass is 9.83. The Morgan fingerprint density at radius 1 is 1.11 bits per heavy atom. The lowest BCUT2D eigenvalue weighted by Crippen LogP contribution is -2.47. The van der Waals surface area contributed by atoms with Crippen LogP contribution in [0.4, 0.5) is 4.79 Å². The van der Waals surface area contributed by atoms with Crippen LogP contribution in [0.15, 0.2) is 58.5 Å². The van der Waals surface area contributed by atoms with Gasteiger partial charge in [0.25, 0.3) is 5.91 Å². The predicted molar refractivity (Wildman–Crippen MR) is 161 cm³/mol. The Balaban J connectivity index is 1.78. The van der Waals surface area contributed by atoms with Gasteiger partial charge < -0.3 is 45.1 Å². The number of ketones is 1. The number of allylic oxidation sites excluding steroid dienone is 3. The summed E-state index contributed by atoms with van der Waals surface area (Å²) >= 11 is 0. The summed E-state index contributed by atoms with van der Waals surface area (Å²) < 4.78 is 22.9. The lowest BCUT2D eigenvalue weighted by molar-refractivity contribution is -0.182. The highest BCUT2D eigenvalue weighted by molar-refractivity contribution is 6.12. The van der Waals surface area contributed by atoms with Crippen LogP contribution < -0.4 is 11.1 Å². The predicted octanol–water partition coefficient (Wildman–Crippen LogP) is 1.99. The molecule has 1 fully saturated rings. The van der Waals surface area contributed by atoms with Crippen LogP contribution in [0.3, 0.4) is 0 Å². The van der Waals surface area contributed by atoms with Crippen LogP contribution in [0.25, 0.3) is 0 Å². The van der Waals surface area contributed by atoms with Crippen LogP contribution >= 0.6 is 0 Å². The molecule has 0 saturated carbocycles. The summed E-state index contributed by atoms with van der Waals surface area (Å²) in [7, 11) is 2.97. The third-order valence-electron chi connectivity index (χ3n) is 8.68. The van der Waals surface area contributed by atoms with Crippen molar-refractivity contribution in [1.82, 2.24) is 10.2 Å². The molecule has 44 heavy (non-hydrogen) atoms. The number of amides is 2. The molecule has 1 saturated heterocycles. The quantitative estimate of drug-likeness (QED) is 0.343. The third kappa shape index (κ3) is 7.49. The molecule has 242 valence electrons. The van der Waals surface area contributed by atoms with Crippen molar-refractivity contribution in [3.05, 3.63) is 58.5 Å². The van der Waals surface area contributed by atoms with E-state index in [2.05, 4.69) is 10.2 Å². The molecular weight excluding hydrogens is 570 g/mol. The summed E-state index contributed by atoms with van der Waals surface area (Å²) in [5.74, 6) is -1.23. The van der Waals surface area contributed by atoms with E-state index in [-0.39, 0.29) is 34.5 Å². The number of fused-ring (bicyclic) bond motifs is 10. The van der Waals surface area contributed by atoms with Gasteiger partial charge >= 0.3 is 6.09 Å². The standard InChI is InChI=1S/C32H45N3O9/c1-17-13-20-26(35-11-6-7-12-35)23(36)16-22(27(20)37)34-30(38)18(2)9-8-10-24(41-4)29(44-32(33)40)21-15-19(3)28(43-31(21)39)25(14-17)42-5/h8-10,15-17,19,23-25,28-29,31,36,39H,6-7,11-14H2,1-5H3,(H2,33,40)(H,34,38)/b10-8-,18-9+/t17-,19?,23?,24+,25+,28+,29+,31?/m1/s1. The number of hydrogen-bond donors (Lipinski definition) is 4. The molecule has 0 aromatic rings. The van der Waals surface area contributed by atoms with Crippen LogP contribution in [0.5, 0.6) is 0 Å². The van der Waals surface area contributed by atoms with Crippen molar-refractivity contribution >= 4 is 17.8 Å². The van der Waals surface area contributed by atoms with Crippen LogP contribution in [-0.4, -0.2) is 97.0 Å². The molecule has 0 aromatic carbocycles. The van der Waals surface area contributed by atoms with E-state index < -0.39 is 48.8 Å². The van der Waals surface area contributed by atoms with Crippen molar-refractivity contribution < 1.29 is 43.5 Å². The zero-order valence-electron chi connectivity index (χ0n) is 26.0. The zero-order valence-corrected chi connectivity index (χ0v) is 26.0. The van der Waals surface area contributed by atoms with E-state index in [4.69, 9.17) is 24.7 Å². The first kappa shape index (κ1) is 33.6. The monoisotopic (exact) mass is 615 g/mol. The number of carbonyl (C=O) groups is 3. The highest BCUT2D eigenvalue weighted by atomic mass is 16.6. The fourth-order valence-electron chi connectivity index (χ4n) is 6.45. The first-order valence-corrected chi connectivity index (χ1v) is 15.1. The van der Waals surface area contributed by atoms with Gasteiger partial charge in [-0.15, -0.1) is 0 Å². The molecule has 4 bridgehead atoms. The summed E-state index contributed by atoms with van der Waals surface area (Å²) in [6.07, 6.45) is 3.94. The number of aliphatic hydroxyl groups is 2. The number of nitrogens with two attached hydrogens (primary N) is 1. The van der Waals surface area contributed by atoms with Gasteiger partial charge in [-0.3, -0.25) is 9.59 Å². The minimum Gasteiger partial charge on any atom is -0.439 e. The van der Waals surface area contributed by atoms with Gasteiger partial charge in [-0.05, 0) is 44.6 Å². The Labute approximate surface area is 258 Å². The van der Waals surface area contributed by atoms with Gasteiger partial charge in [0, 0.05) is 49.9 Å². The van der Waals surface area contributed by atoms with Gasteiger partial charge in [0.2, 0.25) is 5.78 Å². The van der Waals surface area contributed by atoms with Crippen molar-refractivity contribution in [2.45, 2.75) is 83.3 Å². The van der Waals surface area contributed by atoms with Crippen molar-refractivity contribution in [2.75, 3.05) is 27.3 Å². The van der Waals surface area contributed by atoms with Gasteiger partial charge in [0.1, 0.15) is 12.2 Å². The second kappa shape index (κ2) is 14.7. The van der Waals surface area contributed by atoms with Crippen LogP contribution in [0.2, 0.25) is 0 Å². The maximum Gasteiger partial charge on any atom is 0.405 e. The van der Waals surface area contributed by atoms with Gasteiger partial charge in [0.15, 0.2) is 12.4 Å². The highest BCUT2D eigenvalue weighted by Gasteiger charge is 2.41. The fraction of sp³-hybridized carbons (Fsp3) is 0.594. The summed E-state index contributed by atoms with van der Waals surface area (Å²) in [6.45, 7) is 6.96. The van der Waals surface area contributed by atoms with Crippen molar-refractivity contribution in [3.8, 4) is 0 Å². The number of aliphatic hydroxyl groups excluding tert-OH is 2. The van der Waals surface area contributed by atoms with E-state index in [9.17, 15) is 24.6 Å². The van der Waals surface area contributed by atoms with Gasteiger partial charge in [-0.2, -0.15) is 0 Å². The van der Waals surface area contributed by atoms with Gasteiger partial charge in [-0.1, -0.05) is 38.2 Å². The number of nitrogens with one attached hydrogen (secondary N) is 1. The zero-order chi connectivity index (χ0) is 32.1. The Bertz CT molecular complexity index is 1260. The maximum absolute atomic E-state index is 13.9. The first-order chi connectivity index (χ1) is 20.9. The lowest BCUT2D eigenvalue weighted by Gasteiger charge is -2.39. The molecule has 0 spiro atoms. The molecule has 12 nitrogen and oxygen atoms in total. The molecule has 3 unspecified atom stereocenters. The van der Waals surface area contributed by atoms with Crippen molar-refractivity contribution in [3.63, 3.8) is 0 Å². The van der Waals surface area contributed by atoms with E-state index in [1.165, 1.54) is 19.3 Å². The topological polar surface area (TPSA) is 170 Å². The van der Waals surface area contributed by atoms with Crippen molar-refractivity contribution in [1.29, 1.82) is 0 Å². The van der Waals surface area contributed by atoms with Crippen LogP contribution in [0.1, 0.15) is 46.5 Å². The van der Waals surface area contributed by atoms with Crippen LogP contribution in [0, 0.1) is 11.8 Å². The normalized spacial score (nSPS) is 35.9. The first-order valence-electron chi connectivity index (χ1n) is 15.1. The molecule has 4 aliphatic heterocycles. The van der Waals surface area contributed by atoms with E-state index in [1.807, 2.05) is 13.8 Å². The number of primary amides is 1. The summed E-state index contributed by atoms with van der Waals surface area (Å²) in [6, 6.07) is 0. The summed E-state index contributed by atoms with van der Waals surface area (Å²) in [5, 5.41) is 25.0. The van der Waals surface area contributed by atoms with E-state index in [1.54, 1.807) is 32.3 Å². The highest BCUT2D eigenvalue weighted by Crippen LogP contribution is 2.36. The Morgan fingerprint density at radius 3 is 2.45 bits per heavy atom. The Hall–Kier alpha value is -3.29. The van der Waals surface area contributed by atoms with Crippen LogP contribution in [-0.2, 0) is 28.5 Å². The molecule has 5 N–H and O–H groups in total.